The van der Waals surface area contributed by atoms with E-state index >= 15 is 0 Å². The van der Waals surface area contributed by atoms with Gasteiger partial charge in [-0.15, -0.1) is 0 Å². The molecule has 0 bridgehead atoms. The molecule has 0 unspecified atom stereocenters. The minimum absolute atomic E-state index is 0.134. The standard InChI is InChI=1S/C28H22BrCl2N3O3/c29-22-12-7-19(16-23(22)31)27(36)32-14-15-33-24(17-32)26(25(35)13-6-18-4-2-1-3-5-18)34(28(33)37)21-10-8-20(30)9-11-21/h1-5,7-12,16H,6,13-15,17H2. The molecule has 6 nitrogen and oxygen atoms in total. The lowest BCUT2D eigenvalue weighted by molar-refractivity contribution is 0.0707. The smallest absolute Gasteiger partial charge is 0.331 e. The van der Waals surface area contributed by atoms with Crippen molar-refractivity contribution in [3.63, 3.8) is 0 Å². The average molecular weight is 599 g/mol. The predicted octanol–water partition coefficient (Wildman–Crippen LogP) is 6.18. The summed E-state index contributed by atoms with van der Waals surface area (Å²) in [5, 5.41) is 0.966. The molecule has 2 heterocycles. The molecule has 0 aliphatic carbocycles. The van der Waals surface area contributed by atoms with Crippen molar-refractivity contribution in [1.29, 1.82) is 0 Å². The first-order valence-corrected chi connectivity index (χ1v) is 13.3. The molecule has 4 aromatic rings. The molecule has 0 saturated carbocycles. The number of amides is 1. The van der Waals surface area contributed by atoms with Crippen molar-refractivity contribution < 1.29 is 9.59 Å². The van der Waals surface area contributed by atoms with Crippen LogP contribution in [-0.2, 0) is 19.5 Å². The van der Waals surface area contributed by atoms with E-state index in [-0.39, 0.29) is 36.9 Å². The van der Waals surface area contributed by atoms with Crippen LogP contribution >= 0.6 is 39.1 Å². The molecular weight excluding hydrogens is 577 g/mol. The van der Waals surface area contributed by atoms with Gasteiger partial charge in [-0.05, 0) is 70.4 Å². The summed E-state index contributed by atoms with van der Waals surface area (Å²) < 4.78 is 3.75. The Kier molecular flexibility index (Phi) is 7.38. The first-order chi connectivity index (χ1) is 17.8. The molecular formula is C28H22BrCl2N3O3. The van der Waals surface area contributed by atoms with Gasteiger partial charge in [-0.2, -0.15) is 0 Å². The lowest BCUT2D eigenvalue weighted by Crippen LogP contribution is -2.41. The Morgan fingerprint density at radius 3 is 2.35 bits per heavy atom. The summed E-state index contributed by atoms with van der Waals surface area (Å²) in [5.74, 6) is -0.374. The van der Waals surface area contributed by atoms with Crippen molar-refractivity contribution in [2.75, 3.05) is 6.54 Å². The van der Waals surface area contributed by atoms with Crippen LogP contribution in [0.15, 0.2) is 82.1 Å². The Morgan fingerprint density at radius 2 is 1.65 bits per heavy atom. The number of hydrogen-bond donors (Lipinski definition) is 0. The largest absolute Gasteiger partial charge is 0.333 e. The number of carbonyl (C=O) groups excluding carboxylic acids is 2. The quantitative estimate of drug-likeness (QED) is 0.249. The molecule has 1 amide bonds. The summed E-state index contributed by atoms with van der Waals surface area (Å²) >= 11 is 15.6. The van der Waals surface area contributed by atoms with Gasteiger partial charge in [0.05, 0.1) is 22.9 Å². The van der Waals surface area contributed by atoms with E-state index in [0.29, 0.717) is 50.1 Å². The SMILES string of the molecule is O=C(CCc1ccccc1)c1c2n(c(=O)n1-c1ccc(Cl)cc1)CCN(C(=O)c1ccc(Br)c(Cl)c1)C2. The molecule has 0 saturated heterocycles. The van der Waals surface area contributed by atoms with E-state index in [0.717, 1.165) is 5.56 Å². The van der Waals surface area contributed by atoms with Gasteiger partial charge in [0.15, 0.2) is 5.78 Å². The lowest BCUT2D eigenvalue weighted by atomic mass is 10.0. The van der Waals surface area contributed by atoms with Crippen molar-refractivity contribution in [3.05, 3.63) is 120 Å². The molecule has 3 aromatic carbocycles. The molecule has 1 aromatic heterocycles. The Hall–Kier alpha value is -3.13. The summed E-state index contributed by atoms with van der Waals surface area (Å²) in [6.45, 7) is 0.750. The Morgan fingerprint density at radius 1 is 0.919 bits per heavy atom. The second-order valence-electron chi connectivity index (χ2n) is 8.81. The molecule has 1 aliphatic heterocycles. The highest BCUT2D eigenvalue weighted by molar-refractivity contribution is 9.10. The van der Waals surface area contributed by atoms with Gasteiger partial charge >= 0.3 is 5.69 Å². The third-order valence-electron chi connectivity index (χ3n) is 6.47. The molecule has 9 heteroatoms. The first-order valence-electron chi connectivity index (χ1n) is 11.8. The van der Waals surface area contributed by atoms with Crippen molar-refractivity contribution in [2.24, 2.45) is 0 Å². The number of ketones is 1. The zero-order chi connectivity index (χ0) is 26.1. The summed E-state index contributed by atoms with van der Waals surface area (Å²) in [5.41, 5.74) is 2.55. The van der Waals surface area contributed by atoms with Crippen LogP contribution in [0.25, 0.3) is 5.69 Å². The number of halogens is 3. The number of Topliss-reactive ketones (excluding diaryl/α,β-unsaturated/α-hetero) is 1. The third-order valence-corrected chi connectivity index (χ3v) is 7.95. The van der Waals surface area contributed by atoms with Crippen LogP contribution < -0.4 is 5.69 Å². The molecule has 37 heavy (non-hydrogen) atoms. The number of fused-ring (bicyclic) bond motifs is 1. The number of imidazole rings is 1. The zero-order valence-electron chi connectivity index (χ0n) is 19.7. The molecule has 0 spiro atoms. The van der Waals surface area contributed by atoms with Crippen molar-refractivity contribution in [2.45, 2.75) is 25.9 Å². The fourth-order valence-electron chi connectivity index (χ4n) is 4.58. The third kappa shape index (κ3) is 5.17. The highest BCUT2D eigenvalue weighted by Gasteiger charge is 2.32. The number of nitrogens with zero attached hydrogens (tertiary/aromatic N) is 3. The van der Waals surface area contributed by atoms with Crippen LogP contribution in [0, 0.1) is 0 Å². The normalized spacial score (nSPS) is 12.9. The minimum atomic E-state index is -0.306. The number of rotatable bonds is 6. The molecule has 5 rings (SSSR count). The van der Waals surface area contributed by atoms with Crippen LogP contribution in [0.3, 0.4) is 0 Å². The molecule has 0 atom stereocenters. The fourth-order valence-corrected chi connectivity index (χ4v) is 5.13. The van der Waals surface area contributed by atoms with Crippen LogP contribution in [-0.4, -0.2) is 32.3 Å². The van der Waals surface area contributed by atoms with Gasteiger partial charge in [-0.3, -0.25) is 18.7 Å². The Bertz CT molecular complexity index is 1550. The van der Waals surface area contributed by atoms with E-state index in [9.17, 15) is 14.4 Å². The van der Waals surface area contributed by atoms with Crippen molar-refractivity contribution in [1.82, 2.24) is 14.0 Å². The lowest BCUT2D eigenvalue weighted by Gasteiger charge is -2.28. The summed E-state index contributed by atoms with van der Waals surface area (Å²) in [6, 6.07) is 21.6. The van der Waals surface area contributed by atoms with E-state index in [1.54, 1.807) is 51.9 Å². The van der Waals surface area contributed by atoms with Gasteiger partial charge in [0, 0.05) is 34.6 Å². The van der Waals surface area contributed by atoms with Crippen LogP contribution in [0.5, 0.6) is 0 Å². The average Bonchev–Trinajstić information content (AvgIpc) is 3.21. The zero-order valence-corrected chi connectivity index (χ0v) is 22.8. The number of aryl methyl sites for hydroxylation is 1. The number of carbonyl (C=O) groups is 2. The van der Waals surface area contributed by atoms with Gasteiger partial charge in [0.1, 0.15) is 5.69 Å². The van der Waals surface area contributed by atoms with Crippen molar-refractivity contribution in [3.8, 4) is 5.69 Å². The maximum atomic E-state index is 13.7. The summed E-state index contributed by atoms with van der Waals surface area (Å²) in [7, 11) is 0. The number of benzene rings is 3. The van der Waals surface area contributed by atoms with Gasteiger partial charge in [0.25, 0.3) is 5.91 Å². The van der Waals surface area contributed by atoms with E-state index < -0.39 is 0 Å². The number of aromatic nitrogens is 2. The second kappa shape index (κ2) is 10.7. The van der Waals surface area contributed by atoms with E-state index in [4.69, 9.17) is 23.2 Å². The monoisotopic (exact) mass is 597 g/mol. The highest BCUT2D eigenvalue weighted by atomic mass is 79.9. The van der Waals surface area contributed by atoms with Gasteiger partial charge < -0.3 is 4.90 Å². The fraction of sp³-hybridized carbons (Fsp3) is 0.179. The summed E-state index contributed by atoms with van der Waals surface area (Å²) in [4.78, 5) is 42.2. The Labute approximate surface area is 232 Å². The first kappa shape index (κ1) is 25.5. The highest BCUT2D eigenvalue weighted by Crippen LogP contribution is 2.26. The topological polar surface area (TPSA) is 64.3 Å². The Balaban J connectivity index is 1.53. The number of hydrogen-bond acceptors (Lipinski definition) is 3. The van der Waals surface area contributed by atoms with Crippen LogP contribution in [0.2, 0.25) is 10.0 Å². The minimum Gasteiger partial charge on any atom is -0.331 e. The van der Waals surface area contributed by atoms with Gasteiger partial charge in [0.2, 0.25) is 0 Å². The molecule has 0 radical (unpaired) electrons. The molecule has 0 N–H and O–H groups in total. The van der Waals surface area contributed by atoms with E-state index in [1.165, 1.54) is 4.57 Å². The maximum Gasteiger partial charge on any atom is 0.333 e. The molecule has 1 aliphatic rings. The second-order valence-corrected chi connectivity index (χ2v) is 10.5. The van der Waals surface area contributed by atoms with Crippen molar-refractivity contribution >= 4 is 50.8 Å². The molecule has 0 fully saturated rings. The van der Waals surface area contributed by atoms with E-state index in [1.807, 2.05) is 30.3 Å². The van der Waals surface area contributed by atoms with E-state index in [2.05, 4.69) is 15.9 Å². The van der Waals surface area contributed by atoms with Crippen LogP contribution in [0.1, 0.15) is 38.5 Å². The maximum absolute atomic E-state index is 13.7. The molecule has 188 valence electrons. The predicted molar refractivity (Wildman–Crippen MR) is 148 cm³/mol. The summed E-state index contributed by atoms with van der Waals surface area (Å²) in [6.07, 6.45) is 0.767. The van der Waals surface area contributed by atoms with Gasteiger partial charge in [-0.25, -0.2) is 4.79 Å². The van der Waals surface area contributed by atoms with Crippen LogP contribution in [0.4, 0.5) is 0 Å². The van der Waals surface area contributed by atoms with Gasteiger partial charge in [-0.1, -0.05) is 53.5 Å².